The fourth-order valence-corrected chi connectivity index (χ4v) is 2.43. The number of carboxylic acid groups (broad SMARTS) is 1. The van der Waals surface area contributed by atoms with E-state index in [2.05, 4.69) is 4.29 Å². The molecule has 21 heavy (non-hydrogen) atoms. The first-order valence-corrected chi connectivity index (χ1v) is 8.51. The molecule has 0 spiro atoms. The minimum atomic E-state index is -0.686. The highest BCUT2D eigenvalue weighted by molar-refractivity contribution is 6.13. The summed E-state index contributed by atoms with van der Waals surface area (Å²) in [6, 6.07) is 0. The van der Waals surface area contributed by atoms with Crippen molar-refractivity contribution in [2.24, 2.45) is 0 Å². The zero-order valence-electron chi connectivity index (χ0n) is 12.9. The summed E-state index contributed by atoms with van der Waals surface area (Å²) >= 11 is 4.94. The summed E-state index contributed by atoms with van der Waals surface area (Å²) in [6.45, 7) is 0. The molecule has 0 aromatic heterocycles. The largest absolute Gasteiger partial charge is 0.481 e. The summed E-state index contributed by atoms with van der Waals surface area (Å²) in [4.78, 5) is 21.1. The average Bonchev–Trinajstić information content (AvgIpc) is 2.46. The smallest absolute Gasteiger partial charge is 0.324 e. The Hall–Kier alpha value is -0.770. The Kier molecular flexibility index (Phi) is 15.0. The van der Waals surface area contributed by atoms with Crippen molar-refractivity contribution in [2.45, 2.75) is 89.9 Å². The molecular formula is C16H29ClO4. The highest BCUT2D eigenvalue weighted by Crippen LogP contribution is 2.13. The van der Waals surface area contributed by atoms with Gasteiger partial charge in [0.2, 0.25) is 0 Å². The molecule has 0 heterocycles. The van der Waals surface area contributed by atoms with E-state index >= 15 is 0 Å². The van der Waals surface area contributed by atoms with Gasteiger partial charge in [-0.2, -0.15) is 0 Å². The van der Waals surface area contributed by atoms with Crippen LogP contribution in [-0.2, 0) is 13.9 Å². The van der Waals surface area contributed by atoms with Gasteiger partial charge in [-0.25, -0.2) is 0 Å². The first-order chi connectivity index (χ1) is 10.2. The molecule has 0 aromatic carbocycles. The van der Waals surface area contributed by atoms with E-state index in [1.165, 1.54) is 44.9 Å². The van der Waals surface area contributed by atoms with Crippen LogP contribution in [0.1, 0.15) is 89.9 Å². The Labute approximate surface area is 133 Å². The van der Waals surface area contributed by atoms with Gasteiger partial charge in [-0.3, -0.25) is 9.59 Å². The molecule has 0 aliphatic rings. The molecule has 5 heteroatoms. The van der Waals surface area contributed by atoms with Crippen LogP contribution in [0.15, 0.2) is 0 Å². The number of hydrogen-bond donors (Lipinski definition) is 1. The van der Waals surface area contributed by atoms with Gasteiger partial charge in [0, 0.05) is 12.8 Å². The molecule has 0 unspecified atom stereocenters. The van der Waals surface area contributed by atoms with E-state index in [0.29, 0.717) is 12.8 Å². The van der Waals surface area contributed by atoms with Crippen LogP contribution >= 0.6 is 11.9 Å². The molecular weight excluding hydrogens is 292 g/mol. The van der Waals surface area contributed by atoms with Crippen molar-refractivity contribution in [3.8, 4) is 0 Å². The average molecular weight is 321 g/mol. The molecule has 0 rings (SSSR count). The highest BCUT2D eigenvalue weighted by atomic mass is 35.5. The van der Waals surface area contributed by atoms with Crippen LogP contribution in [0.2, 0.25) is 0 Å². The lowest BCUT2D eigenvalue weighted by Crippen LogP contribution is -1.95. The summed E-state index contributed by atoms with van der Waals surface area (Å²) in [5.74, 6) is -1.02. The van der Waals surface area contributed by atoms with E-state index in [1.807, 2.05) is 0 Å². The van der Waals surface area contributed by atoms with Crippen molar-refractivity contribution in [3.05, 3.63) is 0 Å². The molecule has 1 N–H and O–H groups in total. The lowest BCUT2D eigenvalue weighted by Gasteiger charge is -2.02. The Balaban J connectivity index is 3.02. The van der Waals surface area contributed by atoms with Gasteiger partial charge in [-0.05, 0) is 12.8 Å². The van der Waals surface area contributed by atoms with E-state index in [-0.39, 0.29) is 5.97 Å². The third-order valence-corrected chi connectivity index (χ3v) is 3.78. The first kappa shape index (κ1) is 20.2. The number of rotatable bonds is 15. The number of aliphatic carboxylic acids is 1. The van der Waals surface area contributed by atoms with Crippen molar-refractivity contribution >= 4 is 23.8 Å². The number of carboxylic acids is 1. The monoisotopic (exact) mass is 320 g/mol. The number of hydrogen-bond acceptors (Lipinski definition) is 3. The topological polar surface area (TPSA) is 63.6 Å². The number of carbonyl (C=O) groups excluding carboxylic acids is 1. The zero-order valence-corrected chi connectivity index (χ0v) is 13.7. The molecule has 0 amide bonds. The summed E-state index contributed by atoms with van der Waals surface area (Å²) < 4.78 is 4.07. The van der Waals surface area contributed by atoms with Crippen LogP contribution in [0.4, 0.5) is 0 Å². The predicted molar refractivity (Wildman–Crippen MR) is 84.2 cm³/mol. The van der Waals surface area contributed by atoms with E-state index in [4.69, 9.17) is 17.0 Å². The van der Waals surface area contributed by atoms with Crippen molar-refractivity contribution in [1.82, 2.24) is 0 Å². The standard InChI is InChI=1S/C16H29ClO4/c17-21-16(20)14-12-10-8-6-4-2-1-3-5-7-9-11-13-15(18)19/h1-14H2,(H,18,19). The Morgan fingerprint density at radius 1 is 0.667 bits per heavy atom. The van der Waals surface area contributed by atoms with Gasteiger partial charge in [-0.15, -0.1) is 0 Å². The molecule has 4 nitrogen and oxygen atoms in total. The molecule has 124 valence electrons. The van der Waals surface area contributed by atoms with Gasteiger partial charge in [0.05, 0.1) is 0 Å². The van der Waals surface area contributed by atoms with Gasteiger partial charge < -0.3 is 9.40 Å². The molecule has 0 saturated carbocycles. The molecule has 0 radical (unpaired) electrons. The van der Waals surface area contributed by atoms with Crippen LogP contribution in [0.5, 0.6) is 0 Å². The number of unbranched alkanes of at least 4 members (excludes halogenated alkanes) is 11. The Bertz CT molecular complexity index is 269. The van der Waals surface area contributed by atoms with Crippen LogP contribution in [0.25, 0.3) is 0 Å². The fraction of sp³-hybridized carbons (Fsp3) is 0.875. The minimum absolute atomic E-state index is 0.308. The normalized spacial score (nSPS) is 10.5. The van der Waals surface area contributed by atoms with Gasteiger partial charge in [0.15, 0.2) is 0 Å². The van der Waals surface area contributed by atoms with Gasteiger partial charge in [-0.1, -0.05) is 64.2 Å². The molecule has 0 aliphatic heterocycles. The summed E-state index contributed by atoms with van der Waals surface area (Å²) in [5.41, 5.74) is 0. The van der Waals surface area contributed by atoms with E-state index < -0.39 is 5.97 Å². The van der Waals surface area contributed by atoms with Crippen LogP contribution in [0.3, 0.4) is 0 Å². The van der Waals surface area contributed by atoms with E-state index in [0.717, 1.165) is 32.1 Å². The lowest BCUT2D eigenvalue weighted by molar-refractivity contribution is -0.137. The lowest BCUT2D eigenvalue weighted by atomic mass is 10.0. The Morgan fingerprint density at radius 3 is 1.33 bits per heavy atom. The second-order valence-corrected chi connectivity index (χ2v) is 5.74. The van der Waals surface area contributed by atoms with Gasteiger partial charge >= 0.3 is 11.9 Å². The predicted octanol–water partition coefficient (Wildman–Crippen LogP) is 5.23. The molecule has 0 atom stereocenters. The number of carbonyl (C=O) groups is 2. The van der Waals surface area contributed by atoms with Crippen molar-refractivity contribution in [3.63, 3.8) is 0 Å². The maximum absolute atomic E-state index is 10.8. The van der Waals surface area contributed by atoms with Crippen LogP contribution in [-0.4, -0.2) is 17.0 Å². The van der Waals surface area contributed by atoms with Gasteiger partial charge in [0.25, 0.3) is 0 Å². The summed E-state index contributed by atoms with van der Waals surface area (Å²) in [6.07, 6.45) is 14.4. The molecule has 0 aliphatic carbocycles. The molecule has 0 fully saturated rings. The Morgan fingerprint density at radius 2 is 1.00 bits per heavy atom. The first-order valence-electron chi connectivity index (χ1n) is 8.20. The van der Waals surface area contributed by atoms with Crippen molar-refractivity contribution in [2.75, 3.05) is 0 Å². The third-order valence-electron chi connectivity index (χ3n) is 3.61. The quantitative estimate of drug-likeness (QED) is 0.420. The van der Waals surface area contributed by atoms with Crippen LogP contribution in [0, 0.1) is 0 Å². The van der Waals surface area contributed by atoms with Crippen molar-refractivity contribution in [1.29, 1.82) is 0 Å². The maximum atomic E-state index is 10.8. The van der Waals surface area contributed by atoms with E-state index in [9.17, 15) is 9.59 Å². The van der Waals surface area contributed by atoms with E-state index in [1.54, 1.807) is 0 Å². The summed E-state index contributed by atoms with van der Waals surface area (Å²) in [5, 5.41) is 8.50. The minimum Gasteiger partial charge on any atom is -0.481 e. The highest BCUT2D eigenvalue weighted by Gasteiger charge is 2.00. The van der Waals surface area contributed by atoms with Crippen LogP contribution < -0.4 is 0 Å². The third kappa shape index (κ3) is 17.2. The fourth-order valence-electron chi connectivity index (χ4n) is 2.35. The SMILES string of the molecule is O=C(O)CCCCCCCCCCCCCCC(=O)OCl. The van der Waals surface area contributed by atoms with Gasteiger partial charge in [0.1, 0.15) is 11.9 Å². The molecule has 0 saturated heterocycles. The van der Waals surface area contributed by atoms with Crippen molar-refractivity contribution < 1.29 is 19.0 Å². The maximum Gasteiger partial charge on any atom is 0.324 e. The molecule has 0 bridgehead atoms. The zero-order chi connectivity index (χ0) is 15.8. The second kappa shape index (κ2) is 15.6. The molecule has 0 aromatic rings. The second-order valence-electron chi connectivity index (χ2n) is 5.59. The number of halogens is 1. The summed E-state index contributed by atoms with van der Waals surface area (Å²) in [7, 11) is 0.